The van der Waals surface area contributed by atoms with E-state index in [9.17, 15) is 4.79 Å². The Labute approximate surface area is 73.7 Å². The summed E-state index contributed by atoms with van der Waals surface area (Å²) in [5.41, 5.74) is 0.0350. The van der Waals surface area contributed by atoms with Crippen molar-refractivity contribution in [1.82, 2.24) is 5.32 Å². The van der Waals surface area contributed by atoms with Gasteiger partial charge in [0.25, 0.3) is 0 Å². The molecule has 1 rings (SSSR count). The Morgan fingerprint density at radius 1 is 1.50 bits per heavy atom. The summed E-state index contributed by atoms with van der Waals surface area (Å²) in [7, 11) is 0. The second-order valence-electron chi connectivity index (χ2n) is 4.18. The van der Waals surface area contributed by atoms with Crippen LogP contribution in [-0.2, 0) is 4.79 Å². The topological polar surface area (TPSA) is 29.1 Å². The summed E-state index contributed by atoms with van der Waals surface area (Å²) < 4.78 is 0. The van der Waals surface area contributed by atoms with Crippen molar-refractivity contribution >= 4 is 5.91 Å². The van der Waals surface area contributed by atoms with Crippen molar-refractivity contribution < 1.29 is 4.79 Å². The minimum absolute atomic E-state index is 0.0350. The highest BCUT2D eigenvalue weighted by atomic mass is 16.1. The lowest BCUT2D eigenvalue weighted by Crippen LogP contribution is -2.23. The molecule has 1 fully saturated rings. The first kappa shape index (κ1) is 9.12. The Morgan fingerprint density at radius 3 is 2.58 bits per heavy atom. The monoisotopic (exact) mass is 165 g/mol. The molecule has 2 heteroatoms. The summed E-state index contributed by atoms with van der Waals surface area (Å²) in [5.74, 6) is 6.32. The van der Waals surface area contributed by atoms with Crippen LogP contribution in [0.3, 0.4) is 0 Å². The lowest BCUT2D eigenvalue weighted by Gasteiger charge is -2.08. The Hall–Kier alpha value is -0.970. The molecule has 12 heavy (non-hydrogen) atoms. The normalized spacial score (nSPS) is 22.9. The second-order valence-corrected chi connectivity index (χ2v) is 4.18. The molecular weight excluding hydrogens is 150 g/mol. The van der Waals surface area contributed by atoms with Gasteiger partial charge in [-0.15, -0.1) is 0 Å². The van der Waals surface area contributed by atoms with E-state index < -0.39 is 0 Å². The number of amides is 1. The third-order valence-corrected chi connectivity index (χ3v) is 1.62. The van der Waals surface area contributed by atoms with Gasteiger partial charge in [0.05, 0.1) is 6.04 Å². The minimum Gasteiger partial charge on any atom is -0.342 e. The van der Waals surface area contributed by atoms with Crippen molar-refractivity contribution in [2.45, 2.75) is 39.7 Å². The van der Waals surface area contributed by atoms with Crippen LogP contribution < -0.4 is 5.32 Å². The van der Waals surface area contributed by atoms with Gasteiger partial charge < -0.3 is 5.32 Å². The number of hydrogen-bond donors (Lipinski definition) is 1. The molecule has 1 heterocycles. The van der Waals surface area contributed by atoms with Crippen LogP contribution in [0.15, 0.2) is 0 Å². The van der Waals surface area contributed by atoms with Crippen molar-refractivity contribution in [2.24, 2.45) is 5.41 Å². The van der Waals surface area contributed by atoms with E-state index in [-0.39, 0.29) is 17.4 Å². The van der Waals surface area contributed by atoms with Crippen molar-refractivity contribution in [3.05, 3.63) is 0 Å². The Kier molecular flexibility index (Phi) is 2.42. The van der Waals surface area contributed by atoms with Gasteiger partial charge in [0, 0.05) is 11.8 Å². The van der Waals surface area contributed by atoms with Gasteiger partial charge in [-0.05, 0) is 27.2 Å². The van der Waals surface area contributed by atoms with Crippen LogP contribution in [0.1, 0.15) is 33.6 Å². The van der Waals surface area contributed by atoms with Gasteiger partial charge >= 0.3 is 0 Å². The number of carbonyl (C=O) groups excluding carboxylic acids is 1. The van der Waals surface area contributed by atoms with Crippen LogP contribution in [-0.4, -0.2) is 11.9 Å². The molecule has 0 bridgehead atoms. The molecule has 1 aliphatic heterocycles. The molecule has 0 saturated carbocycles. The van der Waals surface area contributed by atoms with Crippen molar-refractivity contribution in [1.29, 1.82) is 0 Å². The summed E-state index contributed by atoms with van der Waals surface area (Å²) >= 11 is 0. The van der Waals surface area contributed by atoms with Gasteiger partial charge in [-0.25, -0.2) is 0 Å². The highest BCUT2D eigenvalue weighted by Gasteiger charge is 2.18. The van der Waals surface area contributed by atoms with E-state index in [2.05, 4.69) is 37.9 Å². The summed E-state index contributed by atoms with van der Waals surface area (Å²) in [5, 5.41) is 2.81. The van der Waals surface area contributed by atoms with E-state index >= 15 is 0 Å². The summed E-state index contributed by atoms with van der Waals surface area (Å²) in [6, 6.07) is 0.0942. The number of hydrogen-bond acceptors (Lipinski definition) is 1. The molecule has 1 amide bonds. The van der Waals surface area contributed by atoms with Crippen LogP contribution in [0.5, 0.6) is 0 Å². The van der Waals surface area contributed by atoms with Gasteiger partial charge in [-0.1, -0.05) is 11.8 Å². The van der Waals surface area contributed by atoms with Crippen LogP contribution in [0.2, 0.25) is 0 Å². The maximum Gasteiger partial charge on any atom is 0.221 e. The van der Waals surface area contributed by atoms with Gasteiger partial charge in [0.1, 0.15) is 0 Å². The fourth-order valence-electron chi connectivity index (χ4n) is 1.03. The van der Waals surface area contributed by atoms with Crippen molar-refractivity contribution in [3.8, 4) is 11.8 Å². The van der Waals surface area contributed by atoms with Crippen LogP contribution >= 0.6 is 0 Å². The summed E-state index contributed by atoms with van der Waals surface area (Å²) in [4.78, 5) is 10.8. The first-order valence-corrected chi connectivity index (χ1v) is 4.29. The smallest absolute Gasteiger partial charge is 0.221 e. The Bertz CT molecular complexity index is 239. The fourth-order valence-corrected chi connectivity index (χ4v) is 1.03. The van der Waals surface area contributed by atoms with Gasteiger partial charge in [-0.2, -0.15) is 0 Å². The molecule has 0 aromatic heterocycles. The van der Waals surface area contributed by atoms with Crippen LogP contribution in [0, 0.1) is 17.3 Å². The standard InChI is InChI=1S/C10H15NO/c1-10(2,3)7-6-8-4-5-9(12)11-8/h8H,4-5H2,1-3H3,(H,11,12). The molecule has 1 aliphatic rings. The molecule has 0 radical (unpaired) electrons. The molecule has 1 saturated heterocycles. The zero-order valence-electron chi connectivity index (χ0n) is 7.90. The average Bonchev–Trinajstić information content (AvgIpc) is 2.30. The predicted octanol–water partition coefficient (Wildman–Crippen LogP) is 1.31. The number of rotatable bonds is 0. The molecule has 1 atom stereocenters. The first-order valence-electron chi connectivity index (χ1n) is 4.29. The molecule has 1 unspecified atom stereocenters. The van der Waals surface area contributed by atoms with E-state index in [1.807, 2.05) is 0 Å². The Morgan fingerprint density at radius 2 is 2.17 bits per heavy atom. The van der Waals surface area contributed by atoms with Gasteiger partial charge in [0.2, 0.25) is 5.91 Å². The van der Waals surface area contributed by atoms with Crippen LogP contribution in [0.25, 0.3) is 0 Å². The molecule has 66 valence electrons. The molecular formula is C10H15NO. The zero-order valence-corrected chi connectivity index (χ0v) is 7.90. The molecule has 1 N–H and O–H groups in total. The molecule has 0 aliphatic carbocycles. The average molecular weight is 165 g/mol. The van der Waals surface area contributed by atoms with E-state index in [4.69, 9.17) is 0 Å². The maximum atomic E-state index is 10.8. The largest absolute Gasteiger partial charge is 0.342 e. The highest BCUT2D eigenvalue weighted by Crippen LogP contribution is 2.11. The van der Waals surface area contributed by atoms with Gasteiger partial charge in [-0.3, -0.25) is 4.79 Å². The van der Waals surface area contributed by atoms with E-state index in [0.29, 0.717) is 6.42 Å². The van der Waals surface area contributed by atoms with Gasteiger partial charge in [0.15, 0.2) is 0 Å². The SMILES string of the molecule is CC(C)(C)C#CC1CCC(=O)N1. The zero-order chi connectivity index (χ0) is 9.19. The second kappa shape index (κ2) is 3.18. The third-order valence-electron chi connectivity index (χ3n) is 1.62. The lowest BCUT2D eigenvalue weighted by atomic mass is 9.97. The maximum absolute atomic E-state index is 10.8. The fraction of sp³-hybridized carbons (Fsp3) is 0.700. The first-order chi connectivity index (χ1) is 5.47. The minimum atomic E-state index is 0.0350. The molecule has 0 spiro atoms. The number of nitrogens with one attached hydrogen (secondary N) is 1. The van der Waals surface area contributed by atoms with Crippen molar-refractivity contribution in [2.75, 3.05) is 0 Å². The number of carbonyl (C=O) groups is 1. The summed E-state index contributed by atoms with van der Waals surface area (Å²) in [6.45, 7) is 6.20. The van der Waals surface area contributed by atoms with Crippen LogP contribution in [0.4, 0.5) is 0 Å². The van der Waals surface area contributed by atoms with E-state index in [0.717, 1.165) is 6.42 Å². The molecule has 0 aromatic rings. The molecule has 0 aromatic carbocycles. The lowest BCUT2D eigenvalue weighted by molar-refractivity contribution is -0.119. The molecule has 2 nitrogen and oxygen atoms in total. The van der Waals surface area contributed by atoms with E-state index in [1.54, 1.807) is 0 Å². The quantitative estimate of drug-likeness (QED) is 0.539. The highest BCUT2D eigenvalue weighted by molar-refractivity contribution is 5.79. The Balaban J connectivity index is 2.50. The summed E-state index contributed by atoms with van der Waals surface area (Å²) in [6.07, 6.45) is 1.49. The predicted molar refractivity (Wildman–Crippen MR) is 48.4 cm³/mol. The van der Waals surface area contributed by atoms with Crippen molar-refractivity contribution in [3.63, 3.8) is 0 Å². The van der Waals surface area contributed by atoms with E-state index in [1.165, 1.54) is 0 Å². The third kappa shape index (κ3) is 2.96.